The monoisotopic (exact) mass is 666 g/mol. The number of hydrogen-bond acceptors (Lipinski definition) is 3. The second-order valence-corrected chi connectivity index (χ2v) is 12.7. The lowest BCUT2D eigenvalue weighted by molar-refractivity contribution is 1.07. The van der Waals surface area contributed by atoms with Crippen molar-refractivity contribution in [1.82, 2.24) is 14.8 Å². The fraction of sp³-hybridized carbons (Fsp3) is 0. The Kier molecular flexibility index (Phi) is 8.16. The predicted molar refractivity (Wildman–Crippen MR) is 215 cm³/mol. The van der Waals surface area contributed by atoms with Crippen LogP contribution in [-0.4, -0.2) is 14.8 Å². The van der Waals surface area contributed by atoms with Crippen molar-refractivity contribution in [3.8, 4) is 50.7 Å². The van der Waals surface area contributed by atoms with Gasteiger partial charge in [0.05, 0.1) is 5.69 Å². The van der Waals surface area contributed by atoms with Crippen LogP contribution in [0.25, 0.3) is 61.5 Å². The molecule has 0 atom stereocenters. The molecular weight excluding hydrogens is 633 g/mol. The lowest BCUT2D eigenvalue weighted by Crippen LogP contribution is -2.11. The van der Waals surface area contributed by atoms with Gasteiger partial charge in [0.25, 0.3) is 0 Å². The summed E-state index contributed by atoms with van der Waals surface area (Å²) in [4.78, 5) is 2.35. The third kappa shape index (κ3) is 5.62. The van der Waals surface area contributed by atoms with Crippen molar-refractivity contribution < 1.29 is 0 Å². The average molecular weight is 667 g/mol. The van der Waals surface area contributed by atoms with E-state index >= 15 is 0 Å². The highest BCUT2D eigenvalue weighted by molar-refractivity contribution is 6.10. The Balaban J connectivity index is 1.28. The molecular formula is C48H34N4. The summed E-state index contributed by atoms with van der Waals surface area (Å²) in [6.07, 6.45) is 0. The first-order valence-corrected chi connectivity index (χ1v) is 17.5. The smallest absolute Gasteiger partial charge is 0.169 e. The molecule has 9 rings (SSSR count). The van der Waals surface area contributed by atoms with Crippen molar-refractivity contribution in [3.05, 3.63) is 206 Å². The molecule has 1 heterocycles. The van der Waals surface area contributed by atoms with Crippen molar-refractivity contribution in [3.63, 3.8) is 0 Å². The standard InChI is InChI=1S/C48H34N4/c1-5-19-36(20-6-1)47-49-50-48(52(47)39-27-11-4-12-28-39)44-31-14-13-29-40(44)42-32-17-21-35-22-18-33-43(46(35)42)41-30-15-16-34-45(41)51(37-23-7-2-8-24-37)38-25-9-3-10-26-38/h1-34H. The first-order valence-electron chi connectivity index (χ1n) is 17.5. The number of hydrogen-bond donors (Lipinski definition) is 0. The summed E-state index contributed by atoms with van der Waals surface area (Å²) in [5, 5.41) is 12.0. The largest absolute Gasteiger partial charge is 0.310 e. The molecule has 52 heavy (non-hydrogen) atoms. The van der Waals surface area contributed by atoms with Crippen molar-refractivity contribution in [2.45, 2.75) is 0 Å². The van der Waals surface area contributed by atoms with Gasteiger partial charge in [0.15, 0.2) is 11.6 Å². The minimum atomic E-state index is 0.787. The molecule has 0 aliphatic rings. The topological polar surface area (TPSA) is 34.0 Å². The van der Waals surface area contributed by atoms with Gasteiger partial charge in [-0.15, -0.1) is 10.2 Å². The quantitative estimate of drug-likeness (QED) is 0.162. The van der Waals surface area contributed by atoms with Crippen LogP contribution in [0.1, 0.15) is 0 Å². The highest BCUT2D eigenvalue weighted by Crippen LogP contribution is 2.46. The summed E-state index contributed by atoms with van der Waals surface area (Å²) >= 11 is 0. The molecule has 0 amide bonds. The van der Waals surface area contributed by atoms with Crippen LogP contribution in [0.2, 0.25) is 0 Å². The van der Waals surface area contributed by atoms with Gasteiger partial charge in [-0.1, -0.05) is 164 Å². The van der Waals surface area contributed by atoms with E-state index < -0.39 is 0 Å². The summed E-state index contributed by atoms with van der Waals surface area (Å²) in [5.41, 5.74) is 10.8. The molecule has 0 aliphatic carbocycles. The zero-order valence-corrected chi connectivity index (χ0v) is 28.4. The molecule has 0 saturated carbocycles. The van der Waals surface area contributed by atoms with E-state index in [0.717, 1.165) is 67.8 Å². The third-order valence-corrected chi connectivity index (χ3v) is 9.54. The lowest BCUT2D eigenvalue weighted by Gasteiger charge is -2.28. The Morgan fingerprint density at radius 2 is 0.808 bits per heavy atom. The summed E-state index contributed by atoms with van der Waals surface area (Å²) in [6, 6.07) is 72.3. The number of rotatable bonds is 8. The van der Waals surface area contributed by atoms with E-state index in [1.54, 1.807) is 0 Å². The molecule has 0 unspecified atom stereocenters. The van der Waals surface area contributed by atoms with Gasteiger partial charge < -0.3 is 4.90 Å². The molecule has 4 nitrogen and oxygen atoms in total. The maximum Gasteiger partial charge on any atom is 0.169 e. The fourth-order valence-corrected chi connectivity index (χ4v) is 7.24. The normalized spacial score (nSPS) is 11.1. The van der Waals surface area contributed by atoms with Crippen LogP contribution in [0, 0.1) is 0 Å². The number of aromatic nitrogens is 3. The number of para-hydroxylation sites is 4. The lowest BCUT2D eigenvalue weighted by atomic mass is 9.88. The van der Waals surface area contributed by atoms with Gasteiger partial charge in [-0.25, -0.2) is 0 Å². The Hall–Kier alpha value is -7.04. The van der Waals surface area contributed by atoms with Crippen LogP contribution in [0.5, 0.6) is 0 Å². The third-order valence-electron chi connectivity index (χ3n) is 9.54. The molecule has 0 spiro atoms. The molecule has 0 aliphatic heterocycles. The van der Waals surface area contributed by atoms with Gasteiger partial charge in [0.2, 0.25) is 0 Å². The summed E-state index contributed by atoms with van der Waals surface area (Å²) in [7, 11) is 0. The predicted octanol–water partition coefficient (Wildman–Crippen LogP) is 12.6. The zero-order valence-electron chi connectivity index (χ0n) is 28.4. The summed E-state index contributed by atoms with van der Waals surface area (Å²) in [5.74, 6) is 1.58. The van der Waals surface area contributed by atoms with Crippen molar-refractivity contribution in [1.29, 1.82) is 0 Å². The highest BCUT2D eigenvalue weighted by atomic mass is 15.3. The van der Waals surface area contributed by atoms with E-state index in [9.17, 15) is 0 Å². The fourth-order valence-electron chi connectivity index (χ4n) is 7.24. The Morgan fingerprint density at radius 1 is 0.346 bits per heavy atom. The van der Waals surface area contributed by atoms with E-state index in [4.69, 9.17) is 10.2 Å². The maximum absolute atomic E-state index is 4.90. The molecule has 0 radical (unpaired) electrons. The molecule has 0 bridgehead atoms. The van der Waals surface area contributed by atoms with Crippen molar-refractivity contribution in [2.75, 3.05) is 4.90 Å². The van der Waals surface area contributed by atoms with Gasteiger partial charge in [0.1, 0.15) is 0 Å². The van der Waals surface area contributed by atoms with Crippen LogP contribution in [0.3, 0.4) is 0 Å². The molecule has 0 fully saturated rings. The Labute approximate surface area is 303 Å². The number of fused-ring (bicyclic) bond motifs is 1. The van der Waals surface area contributed by atoms with Crippen LogP contribution in [-0.2, 0) is 0 Å². The molecule has 0 N–H and O–H groups in total. The molecule has 4 heteroatoms. The van der Waals surface area contributed by atoms with Crippen LogP contribution >= 0.6 is 0 Å². The molecule has 246 valence electrons. The Morgan fingerprint density at radius 3 is 1.44 bits per heavy atom. The van der Waals surface area contributed by atoms with Crippen molar-refractivity contribution in [2.24, 2.45) is 0 Å². The van der Waals surface area contributed by atoms with Gasteiger partial charge in [0, 0.05) is 33.8 Å². The summed E-state index contributed by atoms with van der Waals surface area (Å²) in [6.45, 7) is 0. The van der Waals surface area contributed by atoms with E-state index in [0.29, 0.717) is 0 Å². The second kappa shape index (κ2) is 13.7. The highest BCUT2D eigenvalue weighted by Gasteiger charge is 2.23. The SMILES string of the molecule is c1ccc(-c2nnc(-c3ccccc3-c3cccc4cccc(-c5ccccc5N(c5ccccc5)c5ccccc5)c34)n2-c2ccccc2)cc1. The van der Waals surface area contributed by atoms with E-state index in [1.165, 1.54) is 10.8 Å². The first kappa shape index (κ1) is 31.0. The van der Waals surface area contributed by atoms with Gasteiger partial charge in [-0.3, -0.25) is 4.57 Å². The van der Waals surface area contributed by atoms with Crippen LogP contribution in [0.4, 0.5) is 17.1 Å². The van der Waals surface area contributed by atoms with E-state index in [1.807, 2.05) is 24.3 Å². The molecule has 1 aromatic heterocycles. The Bertz CT molecular complexity index is 2570. The minimum Gasteiger partial charge on any atom is -0.310 e. The summed E-state index contributed by atoms with van der Waals surface area (Å²) < 4.78 is 2.17. The number of benzene rings is 8. The van der Waals surface area contributed by atoms with Crippen LogP contribution < -0.4 is 4.90 Å². The van der Waals surface area contributed by atoms with Crippen LogP contribution in [0.15, 0.2) is 206 Å². The molecule has 0 saturated heterocycles. The zero-order chi connectivity index (χ0) is 34.7. The maximum atomic E-state index is 4.90. The molecule has 8 aromatic carbocycles. The number of anilines is 3. The second-order valence-electron chi connectivity index (χ2n) is 12.7. The van der Waals surface area contributed by atoms with Crippen molar-refractivity contribution >= 4 is 27.8 Å². The minimum absolute atomic E-state index is 0.787. The van der Waals surface area contributed by atoms with Gasteiger partial charge in [-0.05, 0) is 69.9 Å². The van der Waals surface area contributed by atoms with Gasteiger partial charge in [-0.2, -0.15) is 0 Å². The van der Waals surface area contributed by atoms with E-state index in [2.05, 4.69) is 191 Å². The van der Waals surface area contributed by atoms with Gasteiger partial charge >= 0.3 is 0 Å². The average Bonchev–Trinajstić information content (AvgIpc) is 3.68. The first-order chi connectivity index (χ1) is 25.8. The molecule has 9 aromatic rings. The number of nitrogens with zero attached hydrogens (tertiary/aromatic N) is 4. The van der Waals surface area contributed by atoms with E-state index in [-0.39, 0.29) is 0 Å².